The van der Waals surface area contributed by atoms with Crippen molar-refractivity contribution in [3.63, 3.8) is 0 Å². The fourth-order valence-electron chi connectivity index (χ4n) is 1.33. The van der Waals surface area contributed by atoms with E-state index >= 15 is 0 Å². The summed E-state index contributed by atoms with van der Waals surface area (Å²) in [6.45, 7) is 1.84. The molecule has 1 aromatic rings. The van der Waals surface area contributed by atoms with Crippen LogP contribution in [0.25, 0.3) is 0 Å². The van der Waals surface area contributed by atoms with Gasteiger partial charge in [-0.2, -0.15) is 5.10 Å². The van der Waals surface area contributed by atoms with E-state index < -0.39 is 0 Å². The van der Waals surface area contributed by atoms with E-state index in [1.54, 1.807) is 4.68 Å². The van der Waals surface area contributed by atoms with E-state index in [2.05, 4.69) is 15.7 Å². The van der Waals surface area contributed by atoms with Gasteiger partial charge in [0.25, 0.3) is 0 Å². The molecule has 1 amide bonds. The third-order valence-corrected chi connectivity index (χ3v) is 2.40. The first-order valence-electron chi connectivity index (χ1n) is 5.22. The minimum absolute atomic E-state index is 0.0446. The van der Waals surface area contributed by atoms with Crippen LogP contribution < -0.4 is 10.6 Å². The standard InChI is InChI=1S/C10H16N4O/c1-7(10(15)12-8-3-4-8)11-9-5-6-14(2)13-9/h5-8H,3-4H2,1-2H3,(H,11,13)(H,12,15). The van der Waals surface area contributed by atoms with Crippen LogP contribution in [-0.4, -0.2) is 27.8 Å². The fourth-order valence-corrected chi connectivity index (χ4v) is 1.33. The van der Waals surface area contributed by atoms with E-state index in [0.717, 1.165) is 18.7 Å². The first kappa shape index (κ1) is 10.0. The number of aryl methyl sites for hydroxylation is 1. The Labute approximate surface area is 88.8 Å². The lowest BCUT2D eigenvalue weighted by Crippen LogP contribution is -2.38. The lowest BCUT2D eigenvalue weighted by molar-refractivity contribution is -0.121. The number of rotatable bonds is 4. The third kappa shape index (κ3) is 2.71. The Morgan fingerprint density at radius 1 is 1.67 bits per heavy atom. The summed E-state index contributed by atoms with van der Waals surface area (Å²) in [5.74, 6) is 0.777. The van der Waals surface area contributed by atoms with Gasteiger partial charge in [-0.15, -0.1) is 0 Å². The van der Waals surface area contributed by atoms with E-state index in [9.17, 15) is 4.79 Å². The minimum Gasteiger partial charge on any atom is -0.357 e. The number of nitrogens with one attached hydrogen (secondary N) is 2. The molecule has 1 fully saturated rings. The zero-order valence-corrected chi connectivity index (χ0v) is 9.03. The SMILES string of the molecule is CC(Nc1ccn(C)n1)C(=O)NC1CC1. The first-order valence-corrected chi connectivity index (χ1v) is 5.22. The summed E-state index contributed by atoms with van der Waals surface area (Å²) >= 11 is 0. The van der Waals surface area contributed by atoms with Gasteiger partial charge in [-0.1, -0.05) is 0 Å². The molecule has 1 aliphatic rings. The minimum atomic E-state index is -0.236. The van der Waals surface area contributed by atoms with Crippen LogP contribution in [0, 0.1) is 0 Å². The molecule has 0 bridgehead atoms. The zero-order valence-electron chi connectivity index (χ0n) is 9.03. The highest BCUT2D eigenvalue weighted by Crippen LogP contribution is 2.18. The van der Waals surface area contributed by atoms with Crippen molar-refractivity contribution in [3.8, 4) is 0 Å². The van der Waals surface area contributed by atoms with Crippen LogP contribution in [0.15, 0.2) is 12.3 Å². The number of carbonyl (C=O) groups is 1. The van der Waals surface area contributed by atoms with Gasteiger partial charge in [0.15, 0.2) is 0 Å². The van der Waals surface area contributed by atoms with Crippen molar-refractivity contribution in [2.24, 2.45) is 7.05 Å². The van der Waals surface area contributed by atoms with Gasteiger partial charge in [0.2, 0.25) is 5.91 Å². The topological polar surface area (TPSA) is 59.0 Å². The summed E-state index contributed by atoms with van der Waals surface area (Å²) in [4.78, 5) is 11.6. The molecule has 2 rings (SSSR count). The highest BCUT2D eigenvalue weighted by atomic mass is 16.2. The molecular weight excluding hydrogens is 192 g/mol. The maximum absolute atomic E-state index is 11.6. The van der Waals surface area contributed by atoms with E-state index in [1.807, 2.05) is 26.2 Å². The number of anilines is 1. The average molecular weight is 208 g/mol. The Kier molecular flexibility index (Phi) is 2.62. The summed E-state index contributed by atoms with van der Waals surface area (Å²) in [7, 11) is 1.85. The van der Waals surface area contributed by atoms with Crippen molar-refractivity contribution in [2.75, 3.05) is 5.32 Å². The molecule has 0 aliphatic heterocycles. The molecule has 5 heteroatoms. The molecule has 0 aromatic carbocycles. The van der Waals surface area contributed by atoms with Crippen LogP contribution in [0.4, 0.5) is 5.82 Å². The number of amides is 1. The van der Waals surface area contributed by atoms with Gasteiger partial charge < -0.3 is 10.6 Å². The van der Waals surface area contributed by atoms with Crippen molar-refractivity contribution in [1.29, 1.82) is 0 Å². The van der Waals surface area contributed by atoms with Crippen molar-refractivity contribution in [3.05, 3.63) is 12.3 Å². The monoisotopic (exact) mass is 208 g/mol. The van der Waals surface area contributed by atoms with Crippen molar-refractivity contribution in [1.82, 2.24) is 15.1 Å². The van der Waals surface area contributed by atoms with Gasteiger partial charge in [-0.05, 0) is 19.8 Å². The van der Waals surface area contributed by atoms with Gasteiger partial charge in [0.05, 0.1) is 0 Å². The van der Waals surface area contributed by atoms with E-state index in [0.29, 0.717) is 6.04 Å². The summed E-state index contributed by atoms with van der Waals surface area (Å²) in [6.07, 6.45) is 4.07. The Bertz CT molecular complexity index is 356. The molecule has 2 N–H and O–H groups in total. The first-order chi connectivity index (χ1) is 7.15. The highest BCUT2D eigenvalue weighted by Gasteiger charge is 2.25. The second kappa shape index (κ2) is 3.92. The average Bonchev–Trinajstić information content (AvgIpc) is 2.90. The van der Waals surface area contributed by atoms with E-state index in [4.69, 9.17) is 0 Å². The number of aromatic nitrogens is 2. The third-order valence-electron chi connectivity index (χ3n) is 2.40. The van der Waals surface area contributed by atoms with Gasteiger partial charge in [-0.25, -0.2) is 0 Å². The Hall–Kier alpha value is -1.52. The van der Waals surface area contributed by atoms with Crippen molar-refractivity contribution in [2.45, 2.75) is 31.8 Å². The van der Waals surface area contributed by atoms with Crippen LogP contribution in [0.2, 0.25) is 0 Å². The summed E-state index contributed by atoms with van der Waals surface area (Å²) in [5.41, 5.74) is 0. The Morgan fingerprint density at radius 2 is 2.40 bits per heavy atom. The maximum atomic E-state index is 11.6. The zero-order chi connectivity index (χ0) is 10.8. The molecule has 5 nitrogen and oxygen atoms in total. The fraction of sp³-hybridized carbons (Fsp3) is 0.600. The summed E-state index contributed by atoms with van der Waals surface area (Å²) in [5, 5.41) is 10.1. The molecule has 0 saturated heterocycles. The van der Waals surface area contributed by atoms with E-state index in [1.165, 1.54) is 0 Å². The lowest BCUT2D eigenvalue weighted by Gasteiger charge is -2.12. The summed E-state index contributed by atoms with van der Waals surface area (Å²) < 4.78 is 1.70. The molecule has 0 spiro atoms. The van der Waals surface area contributed by atoms with Crippen LogP contribution in [0.1, 0.15) is 19.8 Å². The van der Waals surface area contributed by atoms with Gasteiger partial charge in [0.1, 0.15) is 11.9 Å². The molecule has 1 atom stereocenters. The highest BCUT2D eigenvalue weighted by molar-refractivity contribution is 5.84. The second-order valence-corrected chi connectivity index (χ2v) is 4.02. The lowest BCUT2D eigenvalue weighted by atomic mass is 10.3. The van der Waals surface area contributed by atoms with Gasteiger partial charge >= 0.3 is 0 Å². The molecule has 1 unspecified atom stereocenters. The predicted octanol–water partition coefficient (Wildman–Crippen LogP) is 0.499. The summed E-state index contributed by atoms with van der Waals surface area (Å²) in [6, 6.07) is 2.02. The molecule has 1 heterocycles. The van der Waals surface area contributed by atoms with Crippen molar-refractivity contribution >= 4 is 11.7 Å². The molecule has 1 saturated carbocycles. The normalized spacial score (nSPS) is 17.2. The molecular formula is C10H16N4O. The quantitative estimate of drug-likeness (QED) is 0.757. The molecule has 0 radical (unpaired) electrons. The number of carbonyl (C=O) groups excluding carboxylic acids is 1. The number of nitrogens with zero attached hydrogens (tertiary/aromatic N) is 2. The molecule has 1 aliphatic carbocycles. The number of hydrogen-bond acceptors (Lipinski definition) is 3. The number of hydrogen-bond donors (Lipinski definition) is 2. The Morgan fingerprint density at radius 3 is 2.93 bits per heavy atom. The largest absolute Gasteiger partial charge is 0.357 e. The van der Waals surface area contributed by atoms with Crippen LogP contribution in [-0.2, 0) is 11.8 Å². The molecule has 1 aromatic heterocycles. The van der Waals surface area contributed by atoms with Crippen molar-refractivity contribution < 1.29 is 4.79 Å². The van der Waals surface area contributed by atoms with Gasteiger partial charge in [0, 0.05) is 25.4 Å². The van der Waals surface area contributed by atoms with Crippen LogP contribution in [0.3, 0.4) is 0 Å². The van der Waals surface area contributed by atoms with E-state index in [-0.39, 0.29) is 11.9 Å². The molecule has 15 heavy (non-hydrogen) atoms. The van der Waals surface area contributed by atoms with Crippen LogP contribution >= 0.6 is 0 Å². The Balaban J connectivity index is 1.84. The van der Waals surface area contributed by atoms with Crippen LogP contribution in [0.5, 0.6) is 0 Å². The molecule has 82 valence electrons. The maximum Gasteiger partial charge on any atom is 0.242 e. The van der Waals surface area contributed by atoms with Gasteiger partial charge in [-0.3, -0.25) is 9.48 Å². The smallest absolute Gasteiger partial charge is 0.242 e. The predicted molar refractivity (Wildman–Crippen MR) is 57.5 cm³/mol. The second-order valence-electron chi connectivity index (χ2n) is 4.02.